The van der Waals surface area contributed by atoms with E-state index in [2.05, 4.69) is 20.5 Å². The molecule has 6 heteroatoms. The lowest BCUT2D eigenvalue weighted by Gasteiger charge is -2.31. The molecule has 0 aromatic carbocycles. The fourth-order valence-corrected chi connectivity index (χ4v) is 2.65. The summed E-state index contributed by atoms with van der Waals surface area (Å²) >= 11 is 0. The third-order valence-corrected chi connectivity index (χ3v) is 3.96. The number of aromatic nitrogens is 1. The monoisotopic (exact) mass is 304 g/mol. The van der Waals surface area contributed by atoms with Crippen LogP contribution < -0.4 is 10.6 Å². The van der Waals surface area contributed by atoms with Crippen LogP contribution in [0.5, 0.6) is 0 Å². The van der Waals surface area contributed by atoms with Crippen LogP contribution in [0.3, 0.4) is 0 Å². The van der Waals surface area contributed by atoms with E-state index in [4.69, 9.17) is 0 Å². The molecule has 2 N–H and O–H groups in total. The number of carbonyl (C=O) groups excluding carboxylic acids is 2. The number of carbonyl (C=O) groups is 2. The number of amides is 2. The van der Waals surface area contributed by atoms with Gasteiger partial charge in [-0.2, -0.15) is 0 Å². The van der Waals surface area contributed by atoms with Gasteiger partial charge in [-0.1, -0.05) is 0 Å². The Morgan fingerprint density at radius 1 is 1.18 bits per heavy atom. The highest BCUT2D eigenvalue weighted by atomic mass is 16.2. The van der Waals surface area contributed by atoms with Gasteiger partial charge in [0.05, 0.1) is 0 Å². The van der Waals surface area contributed by atoms with E-state index in [0.29, 0.717) is 19.0 Å². The van der Waals surface area contributed by atoms with Gasteiger partial charge < -0.3 is 10.6 Å². The SMILES string of the molecule is CCNC(=O)C(=O)NCC1CCN(Cc2ccncc2)CC1. The van der Waals surface area contributed by atoms with E-state index in [1.807, 2.05) is 24.5 Å². The molecule has 2 amide bonds. The Bertz CT molecular complexity index is 484. The highest BCUT2D eigenvalue weighted by Gasteiger charge is 2.21. The summed E-state index contributed by atoms with van der Waals surface area (Å²) < 4.78 is 0. The van der Waals surface area contributed by atoms with E-state index in [9.17, 15) is 9.59 Å². The number of nitrogens with zero attached hydrogens (tertiary/aromatic N) is 2. The summed E-state index contributed by atoms with van der Waals surface area (Å²) in [6.07, 6.45) is 5.72. The molecule has 0 saturated carbocycles. The Hall–Kier alpha value is -1.95. The molecule has 1 aliphatic rings. The molecule has 2 rings (SSSR count). The average molecular weight is 304 g/mol. The second kappa shape index (κ2) is 8.48. The van der Waals surface area contributed by atoms with E-state index in [1.54, 1.807) is 6.92 Å². The molecule has 0 radical (unpaired) electrons. The quantitative estimate of drug-likeness (QED) is 0.779. The predicted molar refractivity (Wildman–Crippen MR) is 83.9 cm³/mol. The highest BCUT2D eigenvalue weighted by Crippen LogP contribution is 2.18. The van der Waals surface area contributed by atoms with Crippen LogP contribution in [-0.4, -0.2) is 47.9 Å². The Labute approximate surface area is 131 Å². The maximum absolute atomic E-state index is 11.5. The Morgan fingerprint density at radius 3 is 2.45 bits per heavy atom. The second-order valence-corrected chi connectivity index (χ2v) is 5.64. The van der Waals surface area contributed by atoms with Gasteiger partial charge in [0.15, 0.2) is 0 Å². The van der Waals surface area contributed by atoms with E-state index in [-0.39, 0.29) is 0 Å². The molecule has 0 spiro atoms. The minimum absolute atomic E-state index is 0.451. The molecule has 0 unspecified atom stereocenters. The first-order valence-corrected chi connectivity index (χ1v) is 7.86. The number of rotatable bonds is 5. The topological polar surface area (TPSA) is 74.3 Å². The molecule has 0 aliphatic carbocycles. The molecule has 0 bridgehead atoms. The number of nitrogens with one attached hydrogen (secondary N) is 2. The lowest BCUT2D eigenvalue weighted by molar-refractivity contribution is -0.139. The molecule has 120 valence electrons. The Morgan fingerprint density at radius 2 is 1.82 bits per heavy atom. The molecule has 22 heavy (non-hydrogen) atoms. The van der Waals surface area contributed by atoms with Crippen molar-refractivity contribution in [1.29, 1.82) is 0 Å². The fourth-order valence-electron chi connectivity index (χ4n) is 2.65. The van der Waals surface area contributed by atoms with Gasteiger partial charge in [0.1, 0.15) is 0 Å². The minimum atomic E-state index is -0.544. The molecular formula is C16H24N4O2. The van der Waals surface area contributed by atoms with Crippen molar-refractivity contribution in [2.75, 3.05) is 26.2 Å². The molecule has 1 aromatic heterocycles. The van der Waals surface area contributed by atoms with Gasteiger partial charge in [-0.3, -0.25) is 19.5 Å². The van der Waals surface area contributed by atoms with E-state index >= 15 is 0 Å². The standard InChI is InChI=1S/C16H24N4O2/c1-2-18-15(21)16(22)19-11-13-5-9-20(10-6-13)12-14-3-7-17-8-4-14/h3-4,7-8,13H,2,5-6,9-12H2,1H3,(H,18,21)(H,19,22). The molecule has 6 nitrogen and oxygen atoms in total. The molecule has 0 atom stereocenters. The summed E-state index contributed by atoms with van der Waals surface area (Å²) in [7, 11) is 0. The van der Waals surface area contributed by atoms with Gasteiger partial charge in [-0.25, -0.2) is 0 Å². The molecule has 1 fully saturated rings. The maximum atomic E-state index is 11.5. The van der Waals surface area contributed by atoms with Crippen molar-refractivity contribution in [2.24, 2.45) is 5.92 Å². The van der Waals surface area contributed by atoms with Crippen molar-refractivity contribution in [1.82, 2.24) is 20.5 Å². The number of pyridine rings is 1. The van der Waals surface area contributed by atoms with Crippen LogP contribution >= 0.6 is 0 Å². The summed E-state index contributed by atoms with van der Waals surface area (Å²) in [5.74, 6) is -0.620. The van der Waals surface area contributed by atoms with Gasteiger partial charge in [0, 0.05) is 32.0 Å². The van der Waals surface area contributed by atoms with Crippen LogP contribution in [0.15, 0.2) is 24.5 Å². The summed E-state index contributed by atoms with van der Waals surface area (Å²) in [4.78, 5) is 29.3. The average Bonchev–Trinajstić information content (AvgIpc) is 2.55. The van der Waals surface area contributed by atoms with E-state index in [1.165, 1.54) is 5.56 Å². The third kappa shape index (κ3) is 5.11. The summed E-state index contributed by atoms with van der Waals surface area (Å²) in [6.45, 7) is 5.83. The smallest absolute Gasteiger partial charge is 0.309 e. The van der Waals surface area contributed by atoms with E-state index in [0.717, 1.165) is 32.5 Å². The number of hydrogen-bond acceptors (Lipinski definition) is 4. The number of likely N-dealkylation sites (tertiary alicyclic amines) is 1. The lowest BCUT2D eigenvalue weighted by Crippen LogP contribution is -2.43. The van der Waals surface area contributed by atoms with Gasteiger partial charge >= 0.3 is 11.8 Å². The summed E-state index contributed by atoms with van der Waals surface area (Å²) in [5, 5.41) is 5.23. The van der Waals surface area contributed by atoms with Crippen LogP contribution in [0, 0.1) is 5.92 Å². The first kappa shape index (κ1) is 16.4. The van der Waals surface area contributed by atoms with E-state index < -0.39 is 11.8 Å². The highest BCUT2D eigenvalue weighted by molar-refractivity contribution is 6.35. The summed E-state index contributed by atoms with van der Waals surface area (Å²) in [5.41, 5.74) is 1.28. The molecule has 1 aromatic rings. The number of likely N-dealkylation sites (N-methyl/N-ethyl adjacent to an activating group) is 1. The van der Waals surface area contributed by atoms with Crippen molar-refractivity contribution in [2.45, 2.75) is 26.3 Å². The zero-order chi connectivity index (χ0) is 15.8. The van der Waals surface area contributed by atoms with Crippen molar-refractivity contribution >= 4 is 11.8 Å². The zero-order valence-corrected chi connectivity index (χ0v) is 13.0. The fraction of sp³-hybridized carbons (Fsp3) is 0.562. The Kier molecular flexibility index (Phi) is 6.33. The number of piperidine rings is 1. The predicted octanol–water partition coefficient (Wildman–Crippen LogP) is 0.546. The zero-order valence-electron chi connectivity index (χ0n) is 13.0. The minimum Gasteiger partial charge on any atom is -0.348 e. The van der Waals surface area contributed by atoms with Gasteiger partial charge in [0.25, 0.3) is 0 Å². The molecular weight excluding hydrogens is 280 g/mol. The summed E-state index contributed by atoms with van der Waals surface area (Å²) in [6, 6.07) is 4.08. The van der Waals surface area contributed by atoms with Crippen LogP contribution in [0.4, 0.5) is 0 Å². The largest absolute Gasteiger partial charge is 0.348 e. The van der Waals surface area contributed by atoms with Crippen molar-refractivity contribution in [3.63, 3.8) is 0 Å². The van der Waals surface area contributed by atoms with Crippen molar-refractivity contribution in [3.8, 4) is 0 Å². The Balaban J connectivity index is 1.67. The third-order valence-electron chi connectivity index (χ3n) is 3.96. The first-order valence-electron chi connectivity index (χ1n) is 7.86. The normalized spacial score (nSPS) is 16.2. The molecule has 2 heterocycles. The van der Waals surface area contributed by atoms with Crippen LogP contribution in [0.2, 0.25) is 0 Å². The second-order valence-electron chi connectivity index (χ2n) is 5.64. The van der Waals surface area contributed by atoms with Crippen LogP contribution in [0.1, 0.15) is 25.3 Å². The molecule has 1 aliphatic heterocycles. The molecule has 1 saturated heterocycles. The van der Waals surface area contributed by atoms with Crippen LogP contribution in [-0.2, 0) is 16.1 Å². The van der Waals surface area contributed by atoms with Crippen LogP contribution in [0.25, 0.3) is 0 Å². The van der Waals surface area contributed by atoms with Crippen molar-refractivity contribution in [3.05, 3.63) is 30.1 Å². The lowest BCUT2D eigenvalue weighted by atomic mass is 9.96. The van der Waals surface area contributed by atoms with Gasteiger partial charge in [0.2, 0.25) is 0 Å². The van der Waals surface area contributed by atoms with Gasteiger partial charge in [-0.05, 0) is 56.5 Å². The first-order chi connectivity index (χ1) is 10.7. The van der Waals surface area contributed by atoms with Crippen molar-refractivity contribution < 1.29 is 9.59 Å². The number of hydrogen-bond donors (Lipinski definition) is 2. The maximum Gasteiger partial charge on any atom is 0.309 e. The van der Waals surface area contributed by atoms with Gasteiger partial charge in [-0.15, -0.1) is 0 Å².